The van der Waals surface area contributed by atoms with Crippen molar-refractivity contribution in [2.75, 3.05) is 0 Å². The van der Waals surface area contributed by atoms with Crippen LogP contribution in [0.25, 0.3) is 11.5 Å². The van der Waals surface area contributed by atoms with E-state index in [0.717, 1.165) is 11.3 Å². The third kappa shape index (κ3) is 1.16. The van der Waals surface area contributed by atoms with Crippen molar-refractivity contribution in [3.8, 4) is 11.5 Å². The summed E-state index contributed by atoms with van der Waals surface area (Å²) >= 11 is 3.07. The number of halogens is 1. The second-order valence-electron chi connectivity index (χ2n) is 2.25. The molecule has 0 N–H and O–H groups in total. The van der Waals surface area contributed by atoms with Gasteiger partial charge in [0.25, 0.3) is 10.7 Å². The van der Waals surface area contributed by atoms with Gasteiger partial charge in [-0.1, -0.05) is 0 Å². The van der Waals surface area contributed by atoms with Crippen LogP contribution in [0.15, 0.2) is 26.0 Å². The molecule has 2 heterocycles. The molecular formula is C7H5BrN2O2. The molecule has 2 aromatic heterocycles. The van der Waals surface area contributed by atoms with Crippen LogP contribution in [0.4, 0.5) is 0 Å². The summed E-state index contributed by atoms with van der Waals surface area (Å²) in [5.74, 6) is 1.24. The monoisotopic (exact) mass is 228 g/mol. The molecule has 2 aromatic rings. The van der Waals surface area contributed by atoms with Crippen LogP contribution in [0, 0.1) is 6.92 Å². The van der Waals surface area contributed by atoms with Crippen molar-refractivity contribution in [3.05, 3.63) is 22.9 Å². The van der Waals surface area contributed by atoms with Gasteiger partial charge in [-0.3, -0.25) is 0 Å². The van der Waals surface area contributed by atoms with Gasteiger partial charge >= 0.3 is 0 Å². The number of hydrogen-bond acceptors (Lipinski definition) is 4. The third-order valence-corrected chi connectivity index (χ3v) is 1.81. The zero-order chi connectivity index (χ0) is 8.55. The Balaban J connectivity index is 2.50. The van der Waals surface area contributed by atoms with Crippen molar-refractivity contribution in [1.82, 2.24) is 10.2 Å². The van der Waals surface area contributed by atoms with E-state index in [9.17, 15) is 0 Å². The van der Waals surface area contributed by atoms with Crippen molar-refractivity contribution >= 4 is 15.9 Å². The molecule has 0 saturated carbocycles. The van der Waals surface area contributed by atoms with E-state index in [0.29, 0.717) is 10.7 Å². The molecular weight excluding hydrogens is 224 g/mol. The summed E-state index contributed by atoms with van der Waals surface area (Å²) in [6.07, 6.45) is 1.59. The second-order valence-corrected chi connectivity index (χ2v) is 2.93. The van der Waals surface area contributed by atoms with Gasteiger partial charge in [-0.2, -0.15) is 0 Å². The number of hydrogen-bond donors (Lipinski definition) is 0. The normalized spacial score (nSPS) is 10.5. The summed E-state index contributed by atoms with van der Waals surface area (Å²) in [4.78, 5) is 0.373. The van der Waals surface area contributed by atoms with Gasteiger partial charge in [0.15, 0.2) is 0 Å². The van der Waals surface area contributed by atoms with Gasteiger partial charge in [-0.05, 0) is 13.0 Å². The van der Waals surface area contributed by atoms with Gasteiger partial charge < -0.3 is 8.83 Å². The molecule has 0 aromatic carbocycles. The van der Waals surface area contributed by atoms with Gasteiger partial charge in [0, 0.05) is 15.9 Å². The first kappa shape index (κ1) is 7.54. The summed E-state index contributed by atoms with van der Waals surface area (Å²) in [5.41, 5.74) is 0.827. The lowest BCUT2D eigenvalue weighted by Crippen LogP contribution is -1.76. The predicted octanol–water partition coefficient (Wildman–Crippen LogP) is 2.40. The highest BCUT2D eigenvalue weighted by Crippen LogP contribution is 2.23. The van der Waals surface area contributed by atoms with Crippen LogP contribution < -0.4 is 0 Å². The highest BCUT2D eigenvalue weighted by molar-refractivity contribution is 9.10. The number of furan rings is 1. The smallest absolute Gasteiger partial charge is 0.285 e. The predicted molar refractivity (Wildman–Crippen MR) is 44.4 cm³/mol. The Hall–Kier alpha value is -1.10. The average molecular weight is 229 g/mol. The van der Waals surface area contributed by atoms with Crippen molar-refractivity contribution in [2.45, 2.75) is 6.92 Å². The highest BCUT2D eigenvalue weighted by Gasteiger charge is 2.10. The molecule has 0 aliphatic rings. The first-order valence-electron chi connectivity index (χ1n) is 3.31. The molecule has 5 heteroatoms. The molecule has 4 nitrogen and oxygen atoms in total. The molecule has 0 radical (unpaired) electrons. The summed E-state index contributed by atoms with van der Waals surface area (Å²) in [6.45, 7) is 1.84. The van der Waals surface area contributed by atoms with Crippen molar-refractivity contribution in [2.24, 2.45) is 0 Å². The molecule has 0 amide bonds. The van der Waals surface area contributed by atoms with Crippen molar-refractivity contribution < 1.29 is 8.83 Å². The number of nitrogens with zero attached hydrogens (tertiary/aromatic N) is 2. The molecule has 0 fully saturated rings. The van der Waals surface area contributed by atoms with Crippen LogP contribution in [-0.2, 0) is 0 Å². The van der Waals surface area contributed by atoms with Crippen LogP contribution in [0.5, 0.6) is 0 Å². The highest BCUT2D eigenvalue weighted by atomic mass is 79.9. The molecule has 12 heavy (non-hydrogen) atoms. The van der Waals surface area contributed by atoms with Crippen LogP contribution in [0.3, 0.4) is 0 Å². The average Bonchev–Trinajstić information content (AvgIpc) is 2.58. The number of aromatic nitrogens is 2. The largest absolute Gasteiger partial charge is 0.469 e. The second kappa shape index (κ2) is 2.75. The number of rotatable bonds is 1. The van der Waals surface area contributed by atoms with Gasteiger partial charge in [-0.25, -0.2) is 0 Å². The van der Waals surface area contributed by atoms with Gasteiger partial charge in [0.1, 0.15) is 5.76 Å². The van der Waals surface area contributed by atoms with Gasteiger partial charge in [-0.15, -0.1) is 10.2 Å². The molecule has 0 unspecified atom stereocenters. The van der Waals surface area contributed by atoms with Crippen LogP contribution in [0.1, 0.15) is 5.76 Å². The third-order valence-electron chi connectivity index (χ3n) is 1.49. The zero-order valence-corrected chi connectivity index (χ0v) is 7.83. The fourth-order valence-corrected chi connectivity index (χ4v) is 1.15. The lowest BCUT2D eigenvalue weighted by molar-refractivity contribution is 0.522. The Morgan fingerprint density at radius 3 is 2.75 bits per heavy atom. The minimum absolute atomic E-state index is 0.373. The van der Waals surface area contributed by atoms with Crippen molar-refractivity contribution in [1.29, 1.82) is 0 Å². The van der Waals surface area contributed by atoms with E-state index in [4.69, 9.17) is 8.83 Å². The quantitative estimate of drug-likeness (QED) is 0.753. The molecule has 2 rings (SSSR count). The maximum Gasteiger partial charge on any atom is 0.285 e. The molecule has 0 bridgehead atoms. The van der Waals surface area contributed by atoms with Gasteiger partial charge in [0.05, 0.1) is 11.8 Å². The van der Waals surface area contributed by atoms with Crippen LogP contribution in [0.2, 0.25) is 0 Å². The summed E-state index contributed by atoms with van der Waals surface area (Å²) in [7, 11) is 0. The lowest BCUT2D eigenvalue weighted by Gasteiger charge is -1.87. The Morgan fingerprint density at radius 2 is 2.25 bits per heavy atom. The molecule has 0 spiro atoms. The van der Waals surface area contributed by atoms with E-state index in [1.807, 2.05) is 6.92 Å². The maximum absolute atomic E-state index is 5.14. The Bertz CT molecular complexity index is 394. The number of aryl methyl sites for hydroxylation is 1. The van der Waals surface area contributed by atoms with E-state index in [1.54, 1.807) is 12.3 Å². The summed E-state index contributed by atoms with van der Waals surface area (Å²) in [5, 5.41) is 7.47. The van der Waals surface area contributed by atoms with E-state index in [2.05, 4.69) is 26.1 Å². The lowest BCUT2D eigenvalue weighted by atomic mass is 10.3. The van der Waals surface area contributed by atoms with Crippen LogP contribution >= 0.6 is 15.9 Å². The SMILES string of the molecule is Cc1occc1-c1nnc(Br)o1. The first-order valence-corrected chi connectivity index (χ1v) is 4.10. The fourth-order valence-electron chi connectivity index (χ4n) is 0.921. The zero-order valence-electron chi connectivity index (χ0n) is 6.24. The maximum atomic E-state index is 5.14. The van der Waals surface area contributed by atoms with E-state index >= 15 is 0 Å². The Kier molecular flexibility index (Phi) is 1.73. The topological polar surface area (TPSA) is 52.1 Å². The Labute approximate surface area is 76.7 Å². The van der Waals surface area contributed by atoms with Crippen LogP contribution in [-0.4, -0.2) is 10.2 Å². The van der Waals surface area contributed by atoms with Gasteiger partial charge in [0.2, 0.25) is 0 Å². The molecule has 0 aliphatic carbocycles. The van der Waals surface area contributed by atoms with Crippen molar-refractivity contribution in [3.63, 3.8) is 0 Å². The fraction of sp³-hybridized carbons (Fsp3) is 0.143. The van der Waals surface area contributed by atoms with E-state index in [-0.39, 0.29) is 0 Å². The first-order chi connectivity index (χ1) is 5.77. The summed E-state index contributed by atoms with van der Waals surface area (Å²) in [6, 6.07) is 1.79. The summed E-state index contributed by atoms with van der Waals surface area (Å²) < 4.78 is 10.2. The molecule has 0 aliphatic heterocycles. The van der Waals surface area contributed by atoms with E-state index in [1.165, 1.54) is 0 Å². The molecule has 0 atom stereocenters. The minimum Gasteiger partial charge on any atom is -0.469 e. The van der Waals surface area contributed by atoms with E-state index < -0.39 is 0 Å². The minimum atomic E-state index is 0.373. The molecule has 62 valence electrons. The molecule has 0 saturated heterocycles. The standard InChI is InChI=1S/C7H5BrN2O2/c1-4-5(2-3-11-4)6-9-10-7(8)12-6/h2-3H,1H3. The Morgan fingerprint density at radius 1 is 1.42 bits per heavy atom.